The number of rotatable bonds is 3. The van der Waals surface area contributed by atoms with Crippen LogP contribution in [0.4, 0.5) is 16.2 Å². The molecule has 0 aliphatic carbocycles. The van der Waals surface area contributed by atoms with Crippen molar-refractivity contribution < 1.29 is 51.0 Å². The fourth-order valence-electron chi connectivity index (χ4n) is 5.60. The van der Waals surface area contributed by atoms with Gasteiger partial charge in [-0.05, 0) is 0 Å². The number of nitrogen functional groups attached to an aromatic ring is 2. The molecule has 254 valence electrons. The molecule has 7 rings (SSSR count). The molecule has 7 heterocycles. The van der Waals surface area contributed by atoms with Crippen LogP contribution in [0.1, 0.15) is 18.9 Å². The van der Waals surface area contributed by atoms with Gasteiger partial charge in [-0.3, -0.25) is 32.5 Å². The summed E-state index contributed by atoms with van der Waals surface area (Å²) in [5.74, 6) is -0.187. The van der Waals surface area contributed by atoms with Crippen molar-refractivity contribution in [3.8, 4) is 0 Å². The highest BCUT2D eigenvalue weighted by Gasteiger charge is 2.57. The third kappa shape index (κ3) is 5.65. The number of alkyl halides is 1. The highest BCUT2D eigenvalue weighted by Crippen LogP contribution is 2.58. The van der Waals surface area contributed by atoms with Crippen molar-refractivity contribution in [1.82, 2.24) is 39.0 Å². The van der Waals surface area contributed by atoms with Crippen LogP contribution in [0.2, 0.25) is 0 Å². The van der Waals surface area contributed by atoms with E-state index >= 15 is 4.39 Å². The molecule has 3 saturated heterocycles. The number of halogens is 1. The fourth-order valence-corrected chi connectivity index (χ4v) is 8.27. The summed E-state index contributed by atoms with van der Waals surface area (Å²) in [6, 6.07) is 0. The first-order valence-electron chi connectivity index (χ1n) is 13.7. The number of phosphoric ester groups is 1. The number of aromatic amines is 1. The molecule has 3 aliphatic heterocycles. The Bertz CT molecular complexity index is 2000. The van der Waals surface area contributed by atoms with E-state index in [1.165, 1.54) is 21.8 Å². The van der Waals surface area contributed by atoms with Crippen LogP contribution in [0.5, 0.6) is 0 Å². The summed E-state index contributed by atoms with van der Waals surface area (Å²) in [5.41, 5.74) is 9.00. The van der Waals surface area contributed by atoms with E-state index in [-0.39, 0.29) is 34.1 Å². The Morgan fingerprint density at radius 1 is 1.17 bits per heavy atom. The van der Waals surface area contributed by atoms with Gasteiger partial charge in [-0.15, -0.1) is 0 Å². The molecular weight excluding hydrogens is 693 g/mol. The lowest BCUT2D eigenvalue weighted by Gasteiger charge is -2.35. The molecule has 2 bridgehead atoms. The van der Waals surface area contributed by atoms with Crippen LogP contribution in [0.15, 0.2) is 23.8 Å². The molecule has 3 fully saturated rings. The number of hydrogen-bond donors (Lipinski definition) is 4. The maximum absolute atomic E-state index is 16.5. The molecule has 3 aliphatic rings. The van der Waals surface area contributed by atoms with Gasteiger partial charge in [0, 0.05) is 13.5 Å². The molecule has 6 unspecified atom stereocenters. The maximum Gasteiger partial charge on any atom is 0.475 e. The summed E-state index contributed by atoms with van der Waals surface area (Å²) in [4.78, 5) is 48.3. The van der Waals surface area contributed by atoms with Crippen molar-refractivity contribution in [2.45, 2.75) is 49.0 Å². The zero-order valence-electron chi connectivity index (χ0n) is 24.0. The van der Waals surface area contributed by atoms with Gasteiger partial charge in [0.15, 0.2) is 41.3 Å². The Morgan fingerprint density at radius 3 is 2.68 bits per heavy atom. The van der Waals surface area contributed by atoms with E-state index in [1.807, 2.05) is 0 Å². The number of imidazole rings is 2. The topological polar surface area (TPSA) is 284 Å². The summed E-state index contributed by atoms with van der Waals surface area (Å²) in [5, 5.41) is 11.2. The predicted octanol–water partition coefficient (Wildman–Crippen LogP) is -0.834. The van der Waals surface area contributed by atoms with E-state index in [9.17, 15) is 19.4 Å². The number of nitrogens with two attached hydrogens (primary N) is 2. The normalized spacial score (nSPS) is 36.9. The summed E-state index contributed by atoms with van der Waals surface area (Å²) in [6.45, 7) is -6.24. The number of nitrogens with one attached hydrogen (secondary N) is 1. The van der Waals surface area contributed by atoms with Crippen LogP contribution in [0.3, 0.4) is 0 Å². The quantitative estimate of drug-likeness (QED) is 0.188. The van der Waals surface area contributed by atoms with Crippen molar-refractivity contribution in [2.24, 2.45) is 0 Å². The average molecular weight is 720 g/mol. The number of nitrogens with zero attached hydrogens (tertiary/aromatic N) is 7. The van der Waals surface area contributed by atoms with Crippen LogP contribution in [0, 0.1) is 0 Å². The smallest absolute Gasteiger partial charge is 0.475 e. The average Bonchev–Trinajstić information content (AvgIpc) is 3.78. The van der Waals surface area contributed by atoms with Gasteiger partial charge in [0.2, 0.25) is 5.95 Å². The summed E-state index contributed by atoms with van der Waals surface area (Å²) in [7, 11) is -3.65. The standard InChI is InChI=1S/C22H27FN10O11P2S/c1-38-45(36)41-4-9-12(34)13(19(42-9)33-8-29-11-17(33)30-21(25)31-18(11)35)43-46(37,47)40-3-2-22(44-45)5-39-20(14(22)23)32-7-28-10-15(24)26-6-27-16(10)32/h6-9,12-14,19-20,34H,2-5H2,1H3,(H,37,47)(H2,24,26,27)(H3,25,30,31,35)/p-1/t9-,12?,13+,14?,19?,20-,22?,45?,46?/m1/s1. The highest BCUT2D eigenvalue weighted by molar-refractivity contribution is 8.06. The number of aliphatic hydroxyl groups excluding tert-OH is 1. The number of hydrogen-bond acceptors (Lipinski definition) is 19. The number of aliphatic hydroxyl groups is 1. The molecule has 4 aromatic rings. The van der Waals surface area contributed by atoms with Gasteiger partial charge in [0.25, 0.3) is 5.56 Å². The minimum Gasteiger partial charge on any atom is -0.780 e. The van der Waals surface area contributed by atoms with E-state index in [0.29, 0.717) is 0 Å². The van der Waals surface area contributed by atoms with Gasteiger partial charge in [-0.1, -0.05) is 11.8 Å². The number of phosphoric acid groups is 1. The van der Waals surface area contributed by atoms with Gasteiger partial charge in [0.05, 0.1) is 32.5 Å². The van der Waals surface area contributed by atoms with Gasteiger partial charge in [-0.2, -0.15) is 4.98 Å². The van der Waals surface area contributed by atoms with Crippen molar-refractivity contribution in [3.05, 3.63) is 29.3 Å². The van der Waals surface area contributed by atoms with Gasteiger partial charge in [0.1, 0.15) is 42.5 Å². The second-order valence-corrected chi connectivity index (χ2v) is 15.1. The summed E-state index contributed by atoms with van der Waals surface area (Å²) >= 11 is 5.12. The largest absolute Gasteiger partial charge is 0.780 e. The third-order valence-corrected chi connectivity index (χ3v) is 11.0. The van der Waals surface area contributed by atoms with Gasteiger partial charge >= 0.3 is 7.82 Å². The zero-order chi connectivity index (χ0) is 33.3. The minimum atomic E-state index is -4.66. The molecule has 47 heavy (non-hydrogen) atoms. The lowest BCUT2D eigenvalue weighted by Crippen LogP contribution is -2.44. The monoisotopic (exact) mass is 719 g/mol. The molecule has 0 radical (unpaired) electrons. The zero-order valence-corrected chi connectivity index (χ0v) is 26.6. The molecule has 9 atom stereocenters. The van der Waals surface area contributed by atoms with Crippen molar-refractivity contribution in [1.29, 1.82) is 0 Å². The first kappa shape index (κ1) is 32.5. The van der Waals surface area contributed by atoms with Gasteiger partial charge < -0.3 is 40.0 Å². The number of anilines is 2. The van der Waals surface area contributed by atoms with Gasteiger partial charge in [-0.25, -0.2) is 28.9 Å². The Labute approximate surface area is 267 Å². The van der Waals surface area contributed by atoms with Crippen LogP contribution >= 0.6 is 14.5 Å². The van der Waals surface area contributed by atoms with E-state index in [4.69, 9.17) is 55.4 Å². The Hall–Kier alpha value is -3.05. The number of fused-ring (bicyclic) bond motifs is 4. The third-order valence-electron chi connectivity index (χ3n) is 7.89. The molecule has 0 aromatic carbocycles. The van der Waals surface area contributed by atoms with Crippen LogP contribution < -0.4 is 21.9 Å². The van der Waals surface area contributed by atoms with Crippen LogP contribution in [0.25, 0.3) is 22.3 Å². The van der Waals surface area contributed by atoms with Crippen molar-refractivity contribution in [2.75, 3.05) is 38.4 Å². The maximum atomic E-state index is 16.5. The molecule has 4 aromatic heterocycles. The molecular formula is C22H26FN10O11P2S-. The summed E-state index contributed by atoms with van der Waals surface area (Å²) < 4.78 is 72.0. The molecule has 25 heteroatoms. The lowest BCUT2D eigenvalue weighted by molar-refractivity contribution is -0.216. The Morgan fingerprint density at radius 2 is 1.91 bits per heavy atom. The van der Waals surface area contributed by atoms with Crippen LogP contribution in [-0.2, 0) is 48.5 Å². The second-order valence-electron chi connectivity index (χ2n) is 10.7. The van der Waals surface area contributed by atoms with E-state index in [1.54, 1.807) is 0 Å². The molecule has 6 N–H and O–H groups in total. The van der Waals surface area contributed by atoms with E-state index < -0.39 is 88.9 Å². The predicted molar refractivity (Wildman–Crippen MR) is 156 cm³/mol. The fraction of sp³-hybridized carbons (Fsp3) is 0.545. The van der Waals surface area contributed by atoms with E-state index in [2.05, 4.69) is 29.9 Å². The Kier molecular flexibility index (Phi) is 8.18. The Balaban J connectivity index is 1.20. The number of H-pyrrole nitrogens is 1. The molecule has 21 nitrogen and oxygen atoms in total. The minimum absolute atomic E-state index is 0.0540. The first-order chi connectivity index (χ1) is 22.3. The van der Waals surface area contributed by atoms with E-state index in [0.717, 1.165) is 13.4 Å². The molecule has 0 amide bonds. The number of ether oxygens (including phenoxy) is 2. The number of aromatic nitrogens is 8. The highest BCUT2D eigenvalue weighted by atomic mass is 32.5. The van der Waals surface area contributed by atoms with Crippen LogP contribution in [-0.4, -0.2) is 101 Å². The molecule has 1 spiro atoms. The lowest BCUT2D eigenvalue weighted by atomic mass is 9.96. The molecule has 0 saturated carbocycles. The summed E-state index contributed by atoms with van der Waals surface area (Å²) in [6.07, 6.45) is -6.27. The first-order valence-corrected chi connectivity index (χ1v) is 17.7. The van der Waals surface area contributed by atoms with Crippen molar-refractivity contribution >= 4 is 60.4 Å². The SMILES string of the molecule is COP1(=O)OC[C@H]2OC(n3cnc4c(=O)[nH]c(N)nc43)[C@@H](OP([O-])(=S)OCCC3(CO[C@@H](n4cnc5c(N)ncnc54)C3F)O1)C2O. The van der Waals surface area contributed by atoms with Crippen molar-refractivity contribution in [3.63, 3.8) is 0 Å². The second kappa shape index (κ2) is 11.8.